The number of amides is 1. The molecule has 2 saturated heterocycles. The van der Waals surface area contributed by atoms with E-state index in [0.717, 1.165) is 25.9 Å². The Kier molecular flexibility index (Phi) is 4.14. The molecule has 0 radical (unpaired) electrons. The minimum absolute atomic E-state index is 0.0909. The quantitative estimate of drug-likeness (QED) is 0.905. The van der Waals surface area contributed by atoms with Crippen LogP contribution in [-0.4, -0.2) is 52.1 Å². The molecule has 0 aliphatic carbocycles. The fraction of sp³-hybridized carbons (Fsp3) is 0.529. The fourth-order valence-corrected chi connectivity index (χ4v) is 3.40. The van der Waals surface area contributed by atoms with Gasteiger partial charge < -0.3 is 10.0 Å². The zero-order valence-electron chi connectivity index (χ0n) is 12.6. The van der Waals surface area contributed by atoms with Crippen LogP contribution < -0.4 is 0 Å². The van der Waals surface area contributed by atoms with Crippen molar-refractivity contribution in [2.24, 2.45) is 0 Å². The lowest BCUT2D eigenvalue weighted by atomic mass is 9.90. The third kappa shape index (κ3) is 2.99. The van der Waals surface area contributed by atoms with E-state index in [-0.39, 0.29) is 31.5 Å². The van der Waals surface area contributed by atoms with Crippen LogP contribution in [-0.2, 0) is 11.3 Å². The summed E-state index contributed by atoms with van der Waals surface area (Å²) in [7, 11) is 0. The molecular weight excluding hydrogens is 278 g/mol. The van der Waals surface area contributed by atoms with Gasteiger partial charge in [-0.15, -0.1) is 0 Å². The molecule has 22 heavy (non-hydrogen) atoms. The molecule has 0 saturated carbocycles. The molecule has 0 unspecified atom stereocenters. The summed E-state index contributed by atoms with van der Waals surface area (Å²) in [5.41, 5.74) is 0.222. The number of rotatable bonds is 4. The Bertz CT molecular complexity index is 575. The normalized spacial score (nSPS) is 23.8. The Morgan fingerprint density at radius 3 is 2.77 bits per heavy atom. The first kappa shape index (κ1) is 15.0. The molecule has 2 aliphatic heterocycles. The summed E-state index contributed by atoms with van der Waals surface area (Å²) in [6.45, 7) is 2.29. The zero-order valence-corrected chi connectivity index (χ0v) is 12.6. The number of β-amino-alcohol motifs (C(OH)–C–C–N with tert-alkyl or cyclic N) is 1. The van der Waals surface area contributed by atoms with Gasteiger partial charge >= 0.3 is 0 Å². The Morgan fingerprint density at radius 1 is 1.36 bits per heavy atom. The van der Waals surface area contributed by atoms with E-state index in [9.17, 15) is 9.90 Å². The summed E-state index contributed by atoms with van der Waals surface area (Å²) in [6.07, 6.45) is 1.99. The second kappa shape index (κ2) is 6.07. The molecule has 0 bridgehead atoms. The van der Waals surface area contributed by atoms with Crippen molar-refractivity contribution in [3.05, 3.63) is 35.9 Å². The first-order valence-corrected chi connectivity index (χ1v) is 7.77. The zero-order chi connectivity index (χ0) is 15.6. The minimum Gasteiger partial charge on any atom is -0.385 e. The molecule has 1 aromatic carbocycles. The third-order valence-electron chi connectivity index (χ3n) is 4.57. The van der Waals surface area contributed by atoms with Gasteiger partial charge in [0.15, 0.2) is 0 Å². The first-order chi connectivity index (χ1) is 10.6. The smallest absolute Gasteiger partial charge is 0.240 e. The van der Waals surface area contributed by atoms with Gasteiger partial charge in [0.2, 0.25) is 5.91 Å². The highest BCUT2D eigenvalue weighted by Crippen LogP contribution is 2.28. The third-order valence-corrected chi connectivity index (χ3v) is 4.57. The van der Waals surface area contributed by atoms with Crippen LogP contribution in [0.2, 0.25) is 0 Å². The molecule has 2 aliphatic rings. The van der Waals surface area contributed by atoms with Crippen LogP contribution in [0.3, 0.4) is 0 Å². The molecule has 2 fully saturated rings. The maximum Gasteiger partial charge on any atom is 0.240 e. The molecule has 0 aromatic heterocycles. The van der Waals surface area contributed by atoms with Gasteiger partial charge in [-0.05, 0) is 24.9 Å². The first-order valence-electron chi connectivity index (χ1n) is 7.77. The van der Waals surface area contributed by atoms with E-state index in [0.29, 0.717) is 0 Å². The van der Waals surface area contributed by atoms with Crippen molar-refractivity contribution in [3.63, 3.8) is 0 Å². The monoisotopic (exact) mass is 299 g/mol. The van der Waals surface area contributed by atoms with Gasteiger partial charge in [0, 0.05) is 6.54 Å². The van der Waals surface area contributed by atoms with Crippen molar-refractivity contribution in [2.75, 3.05) is 19.6 Å². The number of carbonyl (C=O) groups is 1. The minimum atomic E-state index is -0.993. The lowest BCUT2D eigenvalue weighted by molar-refractivity contribution is -0.159. The van der Waals surface area contributed by atoms with Gasteiger partial charge in [0.05, 0.1) is 31.6 Å². The van der Waals surface area contributed by atoms with Crippen molar-refractivity contribution >= 4 is 5.91 Å². The van der Waals surface area contributed by atoms with E-state index >= 15 is 0 Å². The maximum absolute atomic E-state index is 12.6. The number of hydrogen-bond acceptors (Lipinski definition) is 4. The SMILES string of the molecule is N#CCC1(O)CN(C(=O)[C@@H]2CCCN2Cc2ccccc2)C1. The van der Waals surface area contributed by atoms with Crippen molar-refractivity contribution < 1.29 is 9.90 Å². The molecule has 1 aromatic rings. The Hall–Kier alpha value is -1.90. The van der Waals surface area contributed by atoms with Crippen LogP contribution in [0.25, 0.3) is 0 Å². The van der Waals surface area contributed by atoms with Crippen LogP contribution in [0.1, 0.15) is 24.8 Å². The summed E-state index contributed by atoms with van der Waals surface area (Å²) in [4.78, 5) is 16.5. The van der Waals surface area contributed by atoms with Crippen LogP contribution >= 0.6 is 0 Å². The maximum atomic E-state index is 12.6. The molecule has 1 amide bonds. The van der Waals surface area contributed by atoms with Gasteiger partial charge in [-0.3, -0.25) is 9.69 Å². The van der Waals surface area contributed by atoms with Gasteiger partial charge in [-0.1, -0.05) is 30.3 Å². The van der Waals surface area contributed by atoms with Crippen molar-refractivity contribution in [1.82, 2.24) is 9.80 Å². The summed E-state index contributed by atoms with van der Waals surface area (Å²) in [5, 5.41) is 18.7. The summed E-state index contributed by atoms with van der Waals surface area (Å²) in [5.74, 6) is 0.0936. The topological polar surface area (TPSA) is 67.6 Å². The van der Waals surface area contributed by atoms with Crippen molar-refractivity contribution in [3.8, 4) is 6.07 Å². The Morgan fingerprint density at radius 2 is 2.09 bits per heavy atom. The highest BCUT2D eigenvalue weighted by Gasteiger charge is 2.46. The van der Waals surface area contributed by atoms with Gasteiger partial charge in [-0.25, -0.2) is 0 Å². The van der Waals surface area contributed by atoms with Gasteiger partial charge in [0.1, 0.15) is 5.60 Å². The highest BCUT2D eigenvalue weighted by molar-refractivity contribution is 5.83. The van der Waals surface area contributed by atoms with E-state index in [1.165, 1.54) is 5.56 Å². The Labute approximate surface area is 130 Å². The van der Waals surface area contributed by atoms with E-state index < -0.39 is 5.60 Å². The molecule has 0 spiro atoms. The lowest BCUT2D eigenvalue weighted by Gasteiger charge is -2.46. The van der Waals surface area contributed by atoms with E-state index in [2.05, 4.69) is 17.0 Å². The van der Waals surface area contributed by atoms with Gasteiger partial charge in [0.25, 0.3) is 0 Å². The van der Waals surface area contributed by atoms with Crippen molar-refractivity contribution in [1.29, 1.82) is 5.26 Å². The summed E-state index contributed by atoms with van der Waals surface area (Å²) < 4.78 is 0. The number of aliphatic hydroxyl groups is 1. The molecule has 3 rings (SSSR count). The standard InChI is InChI=1S/C17H21N3O2/c18-9-8-17(22)12-20(13-17)16(21)15-7-4-10-19(15)11-14-5-2-1-3-6-14/h1-3,5-6,15,22H,4,7-8,10-13H2/t15-/m0/s1. The van der Waals surface area contributed by atoms with Gasteiger partial charge in [-0.2, -0.15) is 5.26 Å². The van der Waals surface area contributed by atoms with Crippen LogP contribution in [0, 0.1) is 11.3 Å². The molecule has 5 heteroatoms. The van der Waals surface area contributed by atoms with E-state index in [1.54, 1.807) is 4.90 Å². The fourth-order valence-electron chi connectivity index (χ4n) is 3.40. The molecule has 2 heterocycles. The van der Waals surface area contributed by atoms with Crippen LogP contribution in [0.5, 0.6) is 0 Å². The average Bonchev–Trinajstić information content (AvgIpc) is 2.93. The molecular formula is C17H21N3O2. The second-order valence-electron chi connectivity index (χ2n) is 6.37. The van der Waals surface area contributed by atoms with Crippen molar-refractivity contribution in [2.45, 2.75) is 37.5 Å². The number of nitriles is 1. The highest BCUT2D eigenvalue weighted by atomic mass is 16.3. The predicted octanol–water partition coefficient (Wildman–Crippen LogP) is 1.14. The largest absolute Gasteiger partial charge is 0.385 e. The number of carbonyl (C=O) groups excluding carboxylic acids is 1. The number of nitrogens with zero attached hydrogens (tertiary/aromatic N) is 3. The Balaban J connectivity index is 1.59. The lowest BCUT2D eigenvalue weighted by Crippen LogP contribution is -2.65. The number of likely N-dealkylation sites (tertiary alicyclic amines) is 2. The van der Waals surface area contributed by atoms with E-state index in [1.807, 2.05) is 24.3 Å². The molecule has 5 nitrogen and oxygen atoms in total. The predicted molar refractivity (Wildman–Crippen MR) is 81.6 cm³/mol. The summed E-state index contributed by atoms with van der Waals surface area (Å²) in [6, 6.07) is 12.1. The molecule has 1 atom stereocenters. The average molecular weight is 299 g/mol. The molecule has 116 valence electrons. The number of hydrogen-bond donors (Lipinski definition) is 1. The summed E-state index contributed by atoms with van der Waals surface area (Å²) >= 11 is 0. The van der Waals surface area contributed by atoms with Crippen LogP contribution in [0.4, 0.5) is 0 Å². The second-order valence-corrected chi connectivity index (χ2v) is 6.37. The van der Waals surface area contributed by atoms with Crippen LogP contribution in [0.15, 0.2) is 30.3 Å². The number of benzene rings is 1. The van der Waals surface area contributed by atoms with E-state index in [4.69, 9.17) is 5.26 Å². The molecule has 1 N–H and O–H groups in total.